The first-order valence-corrected chi connectivity index (χ1v) is 9.69. The van der Waals surface area contributed by atoms with Crippen molar-refractivity contribution in [3.63, 3.8) is 0 Å². The van der Waals surface area contributed by atoms with E-state index in [1.807, 2.05) is 9.80 Å². The number of likely N-dealkylation sites (tertiary alicyclic amines) is 1. The van der Waals surface area contributed by atoms with Crippen LogP contribution in [0.4, 0.5) is 0 Å². The van der Waals surface area contributed by atoms with Crippen LogP contribution in [0.3, 0.4) is 0 Å². The van der Waals surface area contributed by atoms with Crippen LogP contribution in [-0.2, 0) is 29.0 Å². The van der Waals surface area contributed by atoms with Crippen molar-refractivity contribution in [1.82, 2.24) is 14.8 Å². The number of nitrogens with zero attached hydrogens (tertiary/aromatic N) is 3. The van der Waals surface area contributed by atoms with E-state index in [0.717, 1.165) is 56.0 Å². The number of nitrogens with two attached hydrogens (primary N) is 1. The second-order valence-corrected chi connectivity index (χ2v) is 7.96. The summed E-state index contributed by atoms with van der Waals surface area (Å²) >= 11 is 0. The molecule has 2 aliphatic rings. The SMILES string of the molecule is CC(C)CCc1nc2c(o1)CCN(C(=O)C1CCCN(CC(N)=O)C1)C2. The van der Waals surface area contributed by atoms with Crippen LogP contribution in [0, 0.1) is 11.8 Å². The van der Waals surface area contributed by atoms with Crippen LogP contribution in [0.2, 0.25) is 0 Å². The number of hydrogen-bond acceptors (Lipinski definition) is 5. The lowest BCUT2D eigenvalue weighted by molar-refractivity contribution is -0.139. The number of carbonyl (C=O) groups is 2. The number of rotatable bonds is 6. The first-order valence-electron chi connectivity index (χ1n) is 9.69. The topological polar surface area (TPSA) is 92.7 Å². The van der Waals surface area contributed by atoms with Crippen LogP contribution >= 0.6 is 0 Å². The molecule has 0 saturated carbocycles. The van der Waals surface area contributed by atoms with Crippen LogP contribution in [0.25, 0.3) is 0 Å². The number of amides is 2. The molecule has 2 aliphatic heterocycles. The van der Waals surface area contributed by atoms with Gasteiger partial charge in [0.1, 0.15) is 11.5 Å². The first-order chi connectivity index (χ1) is 12.4. The minimum absolute atomic E-state index is 0.0584. The molecule has 3 rings (SSSR count). The average Bonchev–Trinajstić information content (AvgIpc) is 3.01. The van der Waals surface area contributed by atoms with E-state index in [1.54, 1.807) is 0 Å². The first kappa shape index (κ1) is 18.9. The minimum Gasteiger partial charge on any atom is -0.445 e. The predicted molar refractivity (Wildman–Crippen MR) is 97.1 cm³/mol. The predicted octanol–water partition coefficient (Wildman–Crippen LogP) is 1.35. The molecular weight excluding hydrogens is 332 g/mol. The third-order valence-electron chi connectivity index (χ3n) is 5.25. The molecule has 0 aromatic carbocycles. The summed E-state index contributed by atoms with van der Waals surface area (Å²) < 4.78 is 5.88. The van der Waals surface area contributed by atoms with Crippen molar-refractivity contribution in [2.45, 2.75) is 52.5 Å². The van der Waals surface area contributed by atoms with Crippen molar-refractivity contribution in [2.75, 3.05) is 26.2 Å². The lowest BCUT2D eigenvalue weighted by Crippen LogP contribution is -2.47. The zero-order valence-corrected chi connectivity index (χ0v) is 15.9. The van der Waals surface area contributed by atoms with Crippen molar-refractivity contribution in [3.05, 3.63) is 17.3 Å². The standard InChI is InChI=1S/C19H30N4O3/c1-13(2)5-6-18-21-15-11-23(9-7-16(15)26-18)19(25)14-4-3-8-22(10-14)12-17(20)24/h13-14H,3-12H2,1-2H3,(H2,20,24). The van der Waals surface area contributed by atoms with E-state index in [0.29, 0.717) is 25.6 Å². The Morgan fingerprint density at radius 2 is 2.15 bits per heavy atom. The number of aryl methyl sites for hydroxylation is 1. The monoisotopic (exact) mass is 362 g/mol. The second kappa shape index (κ2) is 8.20. The average molecular weight is 362 g/mol. The zero-order chi connectivity index (χ0) is 18.7. The summed E-state index contributed by atoms with van der Waals surface area (Å²) in [5, 5.41) is 0. The van der Waals surface area contributed by atoms with Crippen molar-refractivity contribution < 1.29 is 14.0 Å². The molecule has 1 fully saturated rings. The molecule has 1 aromatic rings. The molecule has 26 heavy (non-hydrogen) atoms. The molecule has 3 heterocycles. The summed E-state index contributed by atoms with van der Waals surface area (Å²) in [5.74, 6) is 2.12. The molecule has 1 saturated heterocycles. The molecule has 0 aliphatic carbocycles. The van der Waals surface area contributed by atoms with Crippen LogP contribution in [0.5, 0.6) is 0 Å². The lowest BCUT2D eigenvalue weighted by Gasteiger charge is -2.35. The molecular formula is C19H30N4O3. The molecule has 1 atom stereocenters. The van der Waals surface area contributed by atoms with Crippen LogP contribution in [0.1, 0.15) is 50.5 Å². The van der Waals surface area contributed by atoms with Gasteiger partial charge >= 0.3 is 0 Å². The van der Waals surface area contributed by atoms with Gasteiger partial charge in [-0.05, 0) is 31.7 Å². The van der Waals surface area contributed by atoms with E-state index >= 15 is 0 Å². The molecule has 144 valence electrons. The van der Waals surface area contributed by atoms with Crippen molar-refractivity contribution in [3.8, 4) is 0 Å². The number of oxazole rings is 1. The highest BCUT2D eigenvalue weighted by atomic mass is 16.4. The maximum absolute atomic E-state index is 12.9. The third-order valence-corrected chi connectivity index (χ3v) is 5.25. The number of hydrogen-bond donors (Lipinski definition) is 1. The number of primary amides is 1. The highest BCUT2D eigenvalue weighted by molar-refractivity contribution is 5.80. The summed E-state index contributed by atoms with van der Waals surface area (Å²) in [6.07, 6.45) is 4.43. The number of piperidine rings is 1. The Balaban J connectivity index is 1.59. The van der Waals surface area contributed by atoms with Crippen LogP contribution in [0.15, 0.2) is 4.42 Å². The quantitative estimate of drug-likeness (QED) is 0.824. The molecule has 1 aromatic heterocycles. The fourth-order valence-electron chi connectivity index (χ4n) is 3.84. The fraction of sp³-hybridized carbons (Fsp3) is 0.737. The third kappa shape index (κ3) is 4.63. The number of aromatic nitrogens is 1. The Morgan fingerprint density at radius 3 is 2.88 bits per heavy atom. The van der Waals surface area contributed by atoms with Crippen molar-refractivity contribution in [2.24, 2.45) is 17.6 Å². The van der Waals surface area contributed by atoms with Gasteiger partial charge < -0.3 is 15.1 Å². The molecule has 0 bridgehead atoms. The van der Waals surface area contributed by atoms with Gasteiger partial charge in [-0.3, -0.25) is 14.5 Å². The molecule has 0 spiro atoms. The Bertz CT molecular complexity index is 655. The van der Waals surface area contributed by atoms with E-state index in [4.69, 9.17) is 10.2 Å². The van der Waals surface area contributed by atoms with Crippen LogP contribution < -0.4 is 5.73 Å². The van der Waals surface area contributed by atoms with Gasteiger partial charge in [-0.1, -0.05) is 13.8 Å². The van der Waals surface area contributed by atoms with E-state index in [9.17, 15) is 9.59 Å². The lowest BCUT2D eigenvalue weighted by atomic mass is 9.95. The van der Waals surface area contributed by atoms with E-state index in [2.05, 4.69) is 18.8 Å². The molecule has 2 N–H and O–H groups in total. The summed E-state index contributed by atoms with van der Waals surface area (Å²) in [6, 6.07) is 0. The number of fused-ring (bicyclic) bond motifs is 1. The van der Waals surface area contributed by atoms with Gasteiger partial charge in [0.05, 0.1) is 19.0 Å². The maximum atomic E-state index is 12.9. The zero-order valence-electron chi connectivity index (χ0n) is 15.9. The molecule has 7 nitrogen and oxygen atoms in total. The highest BCUT2D eigenvalue weighted by Crippen LogP contribution is 2.25. The highest BCUT2D eigenvalue weighted by Gasteiger charge is 2.32. The largest absolute Gasteiger partial charge is 0.445 e. The Labute approximate surface area is 154 Å². The van der Waals surface area contributed by atoms with E-state index < -0.39 is 0 Å². The Kier molecular flexibility index (Phi) is 5.96. The van der Waals surface area contributed by atoms with Crippen molar-refractivity contribution in [1.29, 1.82) is 0 Å². The van der Waals surface area contributed by atoms with Crippen molar-refractivity contribution >= 4 is 11.8 Å². The smallest absolute Gasteiger partial charge is 0.231 e. The molecule has 7 heteroatoms. The van der Waals surface area contributed by atoms with Gasteiger partial charge in [-0.2, -0.15) is 0 Å². The summed E-state index contributed by atoms with van der Waals surface area (Å²) in [7, 11) is 0. The minimum atomic E-state index is -0.336. The summed E-state index contributed by atoms with van der Waals surface area (Å²) in [6.45, 7) is 7.27. The van der Waals surface area contributed by atoms with E-state index in [1.165, 1.54) is 0 Å². The molecule has 1 unspecified atom stereocenters. The maximum Gasteiger partial charge on any atom is 0.231 e. The van der Waals surface area contributed by atoms with Gasteiger partial charge in [0.25, 0.3) is 0 Å². The normalized spacial score (nSPS) is 21.0. The molecule has 2 amide bonds. The second-order valence-electron chi connectivity index (χ2n) is 7.96. The van der Waals surface area contributed by atoms with Crippen LogP contribution in [-0.4, -0.2) is 52.8 Å². The molecule has 0 radical (unpaired) electrons. The van der Waals surface area contributed by atoms with Gasteiger partial charge in [0.2, 0.25) is 11.8 Å². The van der Waals surface area contributed by atoms with Gasteiger partial charge in [-0.15, -0.1) is 0 Å². The summed E-state index contributed by atoms with van der Waals surface area (Å²) in [5.41, 5.74) is 6.20. The van der Waals surface area contributed by atoms with Gasteiger partial charge in [0.15, 0.2) is 5.89 Å². The van der Waals surface area contributed by atoms with Gasteiger partial charge in [0, 0.05) is 25.9 Å². The number of carbonyl (C=O) groups excluding carboxylic acids is 2. The fourth-order valence-corrected chi connectivity index (χ4v) is 3.84. The summed E-state index contributed by atoms with van der Waals surface area (Å²) in [4.78, 5) is 32.6. The van der Waals surface area contributed by atoms with Gasteiger partial charge in [-0.25, -0.2) is 4.98 Å². The Hall–Kier alpha value is -1.89. The Morgan fingerprint density at radius 1 is 1.35 bits per heavy atom. The van der Waals surface area contributed by atoms with E-state index in [-0.39, 0.29) is 24.3 Å².